The number of dihydropyridines is 1. The van der Waals surface area contributed by atoms with Gasteiger partial charge in [0.15, 0.2) is 5.78 Å². The third-order valence-electron chi connectivity index (χ3n) is 5.54. The first-order valence-corrected chi connectivity index (χ1v) is 9.90. The number of halogens is 1. The predicted molar refractivity (Wildman–Crippen MR) is 113 cm³/mol. The van der Waals surface area contributed by atoms with Gasteiger partial charge in [-0.15, -0.1) is 0 Å². The summed E-state index contributed by atoms with van der Waals surface area (Å²) < 4.78 is 13.6. The van der Waals surface area contributed by atoms with Crippen LogP contribution in [0.15, 0.2) is 71.1 Å². The van der Waals surface area contributed by atoms with E-state index in [2.05, 4.69) is 10.6 Å². The first-order valence-electron chi connectivity index (χ1n) is 9.90. The number of allylic oxidation sites excluding steroid dienone is 3. The molecule has 1 atom stereocenters. The normalized spacial score (nSPS) is 18.4. The number of rotatable bonds is 4. The highest BCUT2D eigenvalue weighted by Crippen LogP contribution is 2.42. The Hall–Kier alpha value is -3.81. The molecule has 0 saturated carbocycles. The molecule has 4 rings (SSSR count). The van der Waals surface area contributed by atoms with Crippen molar-refractivity contribution in [3.63, 3.8) is 0 Å². The monoisotopic (exact) mass is 421 g/mol. The Balaban J connectivity index is 1.78. The zero-order chi connectivity index (χ0) is 22.1. The highest BCUT2D eigenvalue weighted by atomic mass is 19.1. The van der Waals surface area contributed by atoms with Gasteiger partial charge in [0.05, 0.1) is 4.92 Å². The number of benzene rings is 2. The first kappa shape index (κ1) is 20.5. The number of nitro groups is 1. The Bertz CT molecular complexity index is 1150. The van der Waals surface area contributed by atoms with Gasteiger partial charge >= 0.3 is 0 Å². The van der Waals surface area contributed by atoms with Crippen LogP contribution in [0.5, 0.6) is 0 Å². The number of hydrogen-bond acceptors (Lipinski definition) is 5. The molecule has 7 nitrogen and oxygen atoms in total. The molecule has 1 unspecified atom stereocenters. The van der Waals surface area contributed by atoms with Gasteiger partial charge in [-0.1, -0.05) is 18.2 Å². The minimum absolute atomic E-state index is 0.0549. The van der Waals surface area contributed by atoms with Gasteiger partial charge in [0.25, 0.3) is 11.6 Å². The topological polar surface area (TPSA) is 101 Å². The summed E-state index contributed by atoms with van der Waals surface area (Å²) in [6.45, 7) is 1.75. The number of nitrogens with one attached hydrogen (secondary N) is 2. The Kier molecular flexibility index (Phi) is 5.37. The summed E-state index contributed by atoms with van der Waals surface area (Å²) in [7, 11) is 0. The third-order valence-corrected chi connectivity index (χ3v) is 5.54. The lowest BCUT2D eigenvalue weighted by atomic mass is 9.75. The number of ketones is 1. The average Bonchev–Trinajstić information content (AvgIpc) is 2.73. The highest BCUT2D eigenvalue weighted by molar-refractivity contribution is 6.09. The lowest BCUT2D eigenvalue weighted by Gasteiger charge is -2.34. The van der Waals surface area contributed by atoms with E-state index in [9.17, 15) is 24.1 Å². The van der Waals surface area contributed by atoms with Crippen LogP contribution in [-0.2, 0) is 9.59 Å². The van der Waals surface area contributed by atoms with Gasteiger partial charge in [0, 0.05) is 52.7 Å². The van der Waals surface area contributed by atoms with E-state index < -0.39 is 22.6 Å². The molecule has 31 heavy (non-hydrogen) atoms. The lowest BCUT2D eigenvalue weighted by Crippen LogP contribution is -2.35. The van der Waals surface area contributed by atoms with Crippen molar-refractivity contribution < 1.29 is 18.9 Å². The van der Waals surface area contributed by atoms with Gasteiger partial charge in [-0.25, -0.2) is 4.39 Å². The maximum Gasteiger partial charge on any atom is 0.269 e. The lowest BCUT2D eigenvalue weighted by molar-refractivity contribution is -0.384. The number of anilines is 1. The number of carbonyl (C=O) groups is 2. The number of Topliss-reactive ketones (excluding diaryl/α,β-unsaturated/α-hetero) is 1. The van der Waals surface area contributed by atoms with Crippen molar-refractivity contribution in [3.05, 3.63) is 92.6 Å². The van der Waals surface area contributed by atoms with Gasteiger partial charge in [-0.3, -0.25) is 19.7 Å². The molecule has 2 aromatic rings. The van der Waals surface area contributed by atoms with Crippen LogP contribution < -0.4 is 10.6 Å². The molecule has 0 bridgehead atoms. The second kappa shape index (κ2) is 8.14. The summed E-state index contributed by atoms with van der Waals surface area (Å²) in [6.07, 6.45) is 1.78. The molecule has 0 saturated heterocycles. The number of hydrogen-bond donors (Lipinski definition) is 2. The fraction of sp³-hybridized carbons (Fsp3) is 0.217. The van der Waals surface area contributed by atoms with E-state index in [1.165, 1.54) is 30.3 Å². The van der Waals surface area contributed by atoms with Crippen LogP contribution in [0.2, 0.25) is 0 Å². The molecular weight excluding hydrogens is 401 g/mol. The van der Waals surface area contributed by atoms with Crippen LogP contribution in [0.3, 0.4) is 0 Å². The smallest absolute Gasteiger partial charge is 0.269 e. The van der Waals surface area contributed by atoms with Crippen LogP contribution in [0.25, 0.3) is 0 Å². The summed E-state index contributed by atoms with van der Waals surface area (Å²) in [5.74, 6) is -1.67. The average molecular weight is 421 g/mol. The molecule has 1 aliphatic carbocycles. The van der Waals surface area contributed by atoms with Gasteiger partial charge in [0.2, 0.25) is 0 Å². The number of nitrogens with zero attached hydrogens (tertiary/aromatic N) is 1. The summed E-state index contributed by atoms with van der Waals surface area (Å²) in [5.41, 5.74) is 3.03. The van der Waals surface area contributed by atoms with Crippen LogP contribution in [-0.4, -0.2) is 16.6 Å². The Morgan fingerprint density at radius 3 is 2.61 bits per heavy atom. The van der Waals surface area contributed by atoms with E-state index in [0.717, 1.165) is 12.1 Å². The summed E-state index contributed by atoms with van der Waals surface area (Å²) in [4.78, 5) is 36.7. The quantitative estimate of drug-likeness (QED) is 0.565. The molecule has 1 amide bonds. The molecule has 2 aromatic carbocycles. The van der Waals surface area contributed by atoms with Gasteiger partial charge < -0.3 is 10.6 Å². The maximum atomic E-state index is 13.6. The third kappa shape index (κ3) is 3.96. The Morgan fingerprint density at radius 1 is 1.19 bits per heavy atom. The zero-order valence-electron chi connectivity index (χ0n) is 16.8. The van der Waals surface area contributed by atoms with E-state index in [0.29, 0.717) is 40.9 Å². The molecule has 2 N–H and O–H groups in total. The first-order chi connectivity index (χ1) is 14.8. The molecule has 2 aliphatic rings. The largest absolute Gasteiger partial charge is 0.362 e. The minimum atomic E-state index is -0.668. The van der Waals surface area contributed by atoms with Crippen LogP contribution in [0.1, 0.15) is 37.7 Å². The summed E-state index contributed by atoms with van der Waals surface area (Å²) in [6, 6.07) is 11.4. The molecule has 158 valence electrons. The molecular formula is C23H20FN3O4. The van der Waals surface area contributed by atoms with E-state index in [1.807, 2.05) is 0 Å². The van der Waals surface area contributed by atoms with Crippen molar-refractivity contribution in [1.29, 1.82) is 0 Å². The molecule has 8 heteroatoms. The Labute approximate surface area is 177 Å². The van der Waals surface area contributed by atoms with E-state index >= 15 is 0 Å². The summed E-state index contributed by atoms with van der Waals surface area (Å²) in [5, 5.41) is 17.0. The molecule has 1 heterocycles. The van der Waals surface area contributed by atoms with Crippen LogP contribution in [0.4, 0.5) is 15.8 Å². The second-order valence-electron chi connectivity index (χ2n) is 7.58. The fourth-order valence-corrected chi connectivity index (χ4v) is 4.17. The second-order valence-corrected chi connectivity index (χ2v) is 7.58. The van der Waals surface area contributed by atoms with Crippen molar-refractivity contribution in [2.45, 2.75) is 32.1 Å². The number of nitro benzene ring substituents is 1. The number of non-ortho nitro benzene ring substituents is 1. The van der Waals surface area contributed by atoms with Crippen LogP contribution >= 0.6 is 0 Å². The number of amides is 1. The maximum absolute atomic E-state index is 13.6. The van der Waals surface area contributed by atoms with Crippen molar-refractivity contribution in [2.24, 2.45) is 0 Å². The van der Waals surface area contributed by atoms with Gasteiger partial charge in [-0.05, 0) is 43.5 Å². The van der Waals surface area contributed by atoms with Gasteiger partial charge in [0.1, 0.15) is 5.82 Å². The highest BCUT2D eigenvalue weighted by Gasteiger charge is 2.38. The van der Waals surface area contributed by atoms with Crippen LogP contribution in [0, 0.1) is 15.9 Å². The molecule has 1 aliphatic heterocycles. The molecule has 0 radical (unpaired) electrons. The molecule has 0 fully saturated rings. The van der Waals surface area contributed by atoms with E-state index in [4.69, 9.17) is 0 Å². The minimum Gasteiger partial charge on any atom is -0.362 e. The predicted octanol–water partition coefficient (Wildman–Crippen LogP) is 4.34. The van der Waals surface area contributed by atoms with Crippen molar-refractivity contribution in [2.75, 3.05) is 5.32 Å². The number of carbonyl (C=O) groups excluding carboxylic acids is 2. The fourth-order valence-electron chi connectivity index (χ4n) is 4.17. The Morgan fingerprint density at radius 2 is 1.94 bits per heavy atom. The summed E-state index contributed by atoms with van der Waals surface area (Å²) >= 11 is 0. The van der Waals surface area contributed by atoms with E-state index in [-0.39, 0.29) is 11.5 Å². The van der Waals surface area contributed by atoms with Crippen molar-refractivity contribution in [3.8, 4) is 0 Å². The molecule has 0 spiro atoms. The SMILES string of the molecule is CC1=C(C(=O)Nc2cccc(F)c2)C(c2ccc([N+](=O)[O-])cc2)C2=C(CCCC2=O)N1. The zero-order valence-corrected chi connectivity index (χ0v) is 16.8. The van der Waals surface area contributed by atoms with Crippen molar-refractivity contribution >= 4 is 23.1 Å². The standard InChI is InChI=1S/C23H20FN3O4/c1-13-20(23(29)26-16-5-2-4-15(24)12-16)21(14-8-10-17(11-9-14)27(30)31)22-18(25-13)6-3-7-19(22)28/h2,4-5,8-12,21,25H,3,6-7H2,1H3,(H,26,29). The van der Waals surface area contributed by atoms with E-state index in [1.54, 1.807) is 25.1 Å². The molecule has 0 aromatic heterocycles. The van der Waals surface area contributed by atoms with Gasteiger partial charge in [-0.2, -0.15) is 0 Å². The van der Waals surface area contributed by atoms with Crippen molar-refractivity contribution in [1.82, 2.24) is 5.32 Å².